The fraction of sp³-hybridized carbons (Fsp3) is 0.385. The molecule has 0 aromatic heterocycles. The van der Waals surface area contributed by atoms with Crippen molar-refractivity contribution in [2.45, 2.75) is 26.3 Å². The fourth-order valence-electron chi connectivity index (χ4n) is 1.35. The lowest BCUT2D eigenvalue weighted by atomic mass is 10.1. The molecular weight excluding hydrogens is 251 g/mol. The molecular formula is C13H17FN2O3. The van der Waals surface area contributed by atoms with Crippen molar-refractivity contribution in [3.8, 4) is 0 Å². The second kappa shape index (κ2) is 5.79. The number of nitrogens with one attached hydrogen (secondary N) is 2. The molecule has 1 aromatic carbocycles. The van der Waals surface area contributed by atoms with Gasteiger partial charge < -0.3 is 15.7 Å². The summed E-state index contributed by atoms with van der Waals surface area (Å²) in [6.45, 7) is 5.69. The lowest BCUT2D eigenvalue weighted by Crippen LogP contribution is -2.41. The number of anilines is 1. The second-order valence-electron chi connectivity index (χ2n) is 5.15. The Morgan fingerprint density at radius 1 is 1.32 bits per heavy atom. The smallest absolute Gasteiger partial charge is 0.337 e. The van der Waals surface area contributed by atoms with Gasteiger partial charge in [0, 0.05) is 5.54 Å². The van der Waals surface area contributed by atoms with Gasteiger partial charge in [0.15, 0.2) is 0 Å². The van der Waals surface area contributed by atoms with Gasteiger partial charge in [0.25, 0.3) is 0 Å². The number of halogens is 1. The van der Waals surface area contributed by atoms with E-state index in [0.29, 0.717) is 0 Å². The number of hydrogen-bond donors (Lipinski definition) is 3. The van der Waals surface area contributed by atoms with Crippen LogP contribution in [0.15, 0.2) is 18.2 Å². The molecule has 0 bridgehead atoms. The SMILES string of the molecule is CC(C)(C)NCC(=O)Nc1cc(F)ccc1C(=O)O. The maximum absolute atomic E-state index is 13.1. The van der Waals surface area contributed by atoms with Crippen LogP contribution in [0.4, 0.5) is 10.1 Å². The molecule has 0 atom stereocenters. The van der Waals surface area contributed by atoms with Crippen molar-refractivity contribution in [1.29, 1.82) is 0 Å². The first-order valence-corrected chi connectivity index (χ1v) is 5.77. The number of carbonyl (C=O) groups excluding carboxylic acids is 1. The first kappa shape index (κ1) is 15.1. The predicted octanol–water partition coefficient (Wildman–Crippen LogP) is 1.85. The van der Waals surface area contributed by atoms with Crippen molar-refractivity contribution in [1.82, 2.24) is 5.32 Å². The van der Waals surface area contributed by atoms with Crippen LogP contribution >= 0.6 is 0 Å². The summed E-state index contributed by atoms with van der Waals surface area (Å²) >= 11 is 0. The zero-order chi connectivity index (χ0) is 14.6. The molecule has 0 aliphatic heterocycles. The van der Waals surface area contributed by atoms with Gasteiger partial charge in [0.2, 0.25) is 5.91 Å². The van der Waals surface area contributed by atoms with Gasteiger partial charge in [-0.1, -0.05) is 0 Å². The van der Waals surface area contributed by atoms with E-state index in [1.807, 2.05) is 20.8 Å². The zero-order valence-electron chi connectivity index (χ0n) is 11.1. The second-order valence-corrected chi connectivity index (χ2v) is 5.15. The highest BCUT2D eigenvalue weighted by atomic mass is 19.1. The number of carboxylic acid groups (broad SMARTS) is 1. The molecule has 0 spiro atoms. The third-order valence-electron chi connectivity index (χ3n) is 2.27. The molecule has 0 aliphatic rings. The molecule has 0 fully saturated rings. The molecule has 5 nitrogen and oxygen atoms in total. The molecule has 3 N–H and O–H groups in total. The minimum Gasteiger partial charge on any atom is -0.478 e. The van der Waals surface area contributed by atoms with E-state index in [4.69, 9.17) is 5.11 Å². The predicted molar refractivity (Wildman–Crippen MR) is 69.7 cm³/mol. The van der Waals surface area contributed by atoms with E-state index in [0.717, 1.165) is 18.2 Å². The van der Waals surface area contributed by atoms with Crippen LogP contribution in [0.1, 0.15) is 31.1 Å². The van der Waals surface area contributed by atoms with Gasteiger partial charge in [-0.15, -0.1) is 0 Å². The Morgan fingerprint density at radius 2 is 1.95 bits per heavy atom. The number of aromatic carboxylic acids is 1. The van der Waals surface area contributed by atoms with Gasteiger partial charge >= 0.3 is 5.97 Å². The number of carboxylic acids is 1. The fourth-order valence-corrected chi connectivity index (χ4v) is 1.35. The van der Waals surface area contributed by atoms with E-state index in [2.05, 4.69) is 10.6 Å². The number of carbonyl (C=O) groups is 2. The summed E-state index contributed by atoms with van der Waals surface area (Å²) in [5.41, 5.74) is -0.437. The largest absolute Gasteiger partial charge is 0.478 e. The van der Waals surface area contributed by atoms with Crippen molar-refractivity contribution in [2.75, 3.05) is 11.9 Å². The van der Waals surface area contributed by atoms with Crippen molar-refractivity contribution in [3.63, 3.8) is 0 Å². The number of amides is 1. The molecule has 1 rings (SSSR count). The van der Waals surface area contributed by atoms with Crippen molar-refractivity contribution < 1.29 is 19.1 Å². The van der Waals surface area contributed by atoms with Crippen LogP contribution in [-0.2, 0) is 4.79 Å². The van der Waals surface area contributed by atoms with Gasteiger partial charge in [-0.3, -0.25) is 4.79 Å². The van der Waals surface area contributed by atoms with E-state index >= 15 is 0 Å². The molecule has 104 valence electrons. The molecule has 0 saturated heterocycles. The first-order chi connectivity index (χ1) is 8.69. The average molecular weight is 268 g/mol. The highest BCUT2D eigenvalue weighted by molar-refractivity contribution is 6.01. The van der Waals surface area contributed by atoms with Crippen LogP contribution < -0.4 is 10.6 Å². The summed E-state index contributed by atoms with van der Waals surface area (Å²) in [7, 11) is 0. The summed E-state index contributed by atoms with van der Waals surface area (Å²) in [4.78, 5) is 22.6. The topological polar surface area (TPSA) is 78.4 Å². The number of hydrogen-bond acceptors (Lipinski definition) is 3. The highest BCUT2D eigenvalue weighted by Crippen LogP contribution is 2.17. The van der Waals surface area contributed by atoms with Crippen molar-refractivity contribution in [3.05, 3.63) is 29.6 Å². The Morgan fingerprint density at radius 3 is 2.47 bits per heavy atom. The molecule has 0 aliphatic carbocycles. The van der Waals surface area contributed by atoms with E-state index in [1.165, 1.54) is 0 Å². The maximum Gasteiger partial charge on any atom is 0.337 e. The standard InChI is InChI=1S/C13H17FN2O3/c1-13(2,3)15-7-11(17)16-10-6-8(14)4-5-9(10)12(18)19/h4-6,15H,7H2,1-3H3,(H,16,17)(H,18,19). The lowest BCUT2D eigenvalue weighted by molar-refractivity contribution is -0.115. The third-order valence-corrected chi connectivity index (χ3v) is 2.27. The molecule has 0 radical (unpaired) electrons. The Bertz CT molecular complexity index is 495. The zero-order valence-corrected chi connectivity index (χ0v) is 11.1. The Labute approximate surface area is 110 Å². The Kier molecular flexibility index (Phi) is 4.61. The van der Waals surface area contributed by atoms with E-state index in [1.54, 1.807) is 0 Å². The summed E-state index contributed by atoms with van der Waals surface area (Å²) in [6, 6.07) is 3.13. The van der Waals surface area contributed by atoms with Crippen LogP contribution in [0.3, 0.4) is 0 Å². The summed E-state index contributed by atoms with van der Waals surface area (Å²) < 4.78 is 13.1. The van der Waals surface area contributed by atoms with Crippen LogP contribution in [0.2, 0.25) is 0 Å². The quantitative estimate of drug-likeness (QED) is 0.778. The van der Waals surface area contributed by atoms with Crippen LogP contribution in [0.5, 0.6) is 0 Å². The van der Waals surface area contributed by atoms with Crippen molar-refractivity contribution >= 4 is 17.6 Å². The van der Waals surface area contributed by atoms with Gasteiger partial charge in [-0.2, -0.15) is 0 Å². The monoisotopic (exact) mass is 268 g/mol. The maximum atomic E-state index is 13.1. The van der Waals surface area contributed by atoms with Crippen LogP contribution in [0, 0.1) is 5.82 Å². The lowest BCUT2D eigenvalue weighted by Gasteiger charge is -2.20. The summed E-state index contributed by atoms with van der Waals surface area (Å²) in [5.74, 6) is -2.26. The molecule has 6 heteroatoms. The normalized spacial score (nSPS) is 11.2. The van der Waals surface area contributed by atoms with E-state index in [-0.39, 0.29) is 23.3 Å². The van der Waals surface area contributed by atoms with Crippen molar-refractivity contribution in [2.24, 2.45) is 0 Å². The molecule has 19 heavy (non-hydrogen) atoms. The molecule has 1 aromatic rings. The van der Waals surface area contributed by atoms with Gasteiger partial charge in [-0.05, 0) is 39.0 Å². The number of rotatable bonds is 4. The van der Waals surface area contributed by atoms with E-state index < -0.39 is 17.7 Å². The molecule has 0 saturated carbocycles. The molecule has 1 amide bonds. The highest BCUT2D eigenvalue weighted by Gasteiger charge is 2.15. The Hall–Kier alpha value is -1.95. The van der Waals surface area contributed by atoms with Gasteiger partial charge in [0.1, 0.15) is 5.82 Å². The van der Waals surface area contributed by atoms with Crippen LogP contribution in [0.25, 0.3) is 0 Å². The molecule has 0 heterocycles. The summed E-state index contributed by atoms with van der Waals surface area (Å²) in [6.07, 6.45) is 0. The third kappa shape index (κ3) is 5.05. The number of benzene rings is 1. The summed E-state index contributed by atoms with van der Waals surface area (Å²) in [5, 5.41) is 14.3. The Balaban J connectivity index is 2.78. The first-order valence-electron chi connectivity index (χ1n) is 5.77. The van der Waals surface area contributed by atoms with E-state index in [9.17, 15) is 14.0 Å². The van der Waals surface area contributed by atoms with Crippen LogP contribution in [-0.4, -0.2) is 29.1 Å². The average Bonchev–Trinajstić information content (AvgIpc) is 2.25. The minimum absolute atomic E-state index is 0.0130. The van der Waals surface area contributed by atoms with Gasteiger partial charge in [-0.25, -0.2) is 9.18 Å². The van der Waals surface area contributed by atoms with Gasteiger partial charge in [0.05, 0.1) is 17.8 Å². The minimum atomic E-state index is -1.22. The molecule has 0 unspecified atom stereocenters.